The summed E-state index contributed by atoms with van der Waals surface area (Å²) in [6.07, 6.45) is 5.85. The Morgan fingerprint density at radius 3 is 2.89 bits per heavy atom. The Morgan fingerprint density at radius 1 is 1.50 bits per heavy atom. The van der Waals surface area contributed by atoms with E-state index in [1.54, 1.807) is 0 Å². The molecular formula is C14H28N2O2. The monoisotopic (exact) mass is 256 g/mol. The van der Waals surface area contributed by atoms with Gasteiger partial charge in [-0.15, -0.1) is 0 Å². The number of amides is 1. The summed E-state index contributed by atoms with van der Waals surface area (Å²) in [7, 11) is 0. The highest BCUT2D eigenvalue weighted by Crippen LogP contribution is 2.31. The third-order valence-electron chi connectivity index (χ3n) is 3.71. The second-order valence-corrected chi connectivity index (χ2v) is 5.60. The van der Waals surface area contributed by atoms with Crippen molar-refractivity contribution in [1.82, 2.24) is 5.32 Å². The molecule has 106 valence electrons. The van der Waals surface area contributed by atoms with Crippen LogP contribution in [-0.2, 0) is 9.53 Å². The van der Waals surface area contributed by atoms with Crippen molar-refractivity contribution in [1.29, 1.82) is 0 Å². The van der Waals surface area contributed by atoms with Crippen molar-refractivity contribution in [3.05, 3.63) is 0 Å². The average Bonchev–Trinajstić information content (AvgIpc) is 2.34. The summed E-state index contributed by atoms with van der Waals surface area (Å²) >= 11 is 0. The summed E-state index contributed by atoms with van der Waals surface area (Å²) in [5, 5.41) is 3.15. The molecule has 18 heavy (non-hydrogen) atoms. The summed E-state index contributed by atoms with van der Waals surface area (Å²) in [6, 6.07) is 0. The molecule has 0 radical (unpaired) electrons. The van der Waals surface area contributed by atoms with Gasteiger partial charge in [0.1, 0.15) is 0 Å². The van der Waals surface area contributed by atoms with Crippen LogP contribution in [-0.4, -0.2) is 31.2 Å². The van der Waals surface area contributed by atoms with Gasteiger partial charge >= 0.3 is 0 Å². The molecule has 1 saturated carbocycles. The Balaban J connectivity index is 2.35. The van der Waals surface area contributed by atoms with Crippen LogP contribution >= 0.6 is 0 Å². The SMILES string of the molecule is CCCOCCC(=O)NC1(CN)CCCC(C)C1. The Bertz CT molecular complexity index is 258. The van der Waals surface area contributed by atoms with Gasteiger partial charge in [-0.25, -0.2) is 0 Å². The minimum atomic E-state index is -0.167. The van der Waals surface area contributed by atoms with E-state index in [1.165, 1.54) is 6.42 Å². The summed E-state index contributed by atoms with van der Waals surface area (Å²) in [6.45, 7) is 6.08. The molecule has 0 saturated heterocycles. The molecule has 0 aliphatic heterocycles. The zero-order valence-electron chi connectivity index (χ0n) is 11.8. The van der Waals surface area contributed by atoms with Crippen molar-refractivity contribution in [2.24, 2.45) is 11.7 Å². The van der Waals surface area contributed by atoms with Crippen LogP contribution in [0.1, 0.15) is 52.4 Å². The van der Waals surface area contributed by atoms with Crippen LogP contribution in [0, 0.1) is 5.92 Å². The smallest absolute Gasteiger partial charge is 0.222 e. The van der Waals surface area contributed by atoms with Crippen molar-refractivity contribution in [3.8, 4) is 0 Å². The van der Waals surface area contributed by atoms with Gasteiger partial charge in [0.05, 0.1) is 12.1 Å². The van der Waals surface area contributed by atoms with Gasteiger partial charge in [0.2, 0.25) is 5.91 Å². The Morgan fingerprint density at radius 2 is 2.28 bits per heavy atom. The van der Waals surface area contributed by atoms with Crippen molar-refractivity contribution >= 4 is 5.91 Å². The molecule has 0 aromatic rings. The van der Waals surface area contributed by atoms with E-state index in [2.05, 4.69) is 19.2 Å². The minimum Gasteiger partial charge on any atom is -0.381 e. The third kappa shape index (κ3) is 4.94. The number of hydrogen-bond donors (Lipinski definition) is 2. The number of carbonyl (C=O) groups excluding carboxylic acids is 1. The first-order valence-corrected chi connectivity index (χ1v) is 7.20. The molecule has 0 aromatic heterocycles. The molecule has 3 N–H and O–H groups in total. The first kappa shape index (κ1) is 15.4. The third-order valence-corrected chi connectivity index (χ3v) is 3.71. The molecule has 0 heterocycles. The predicted molar refractivity (Wildman–Crippen MR) is 73.3 cm³/mol. The zero-order chi connectivity index (χ0) is 13.4. The first-order valence-electron chi connectivity index (χ1n) is 7.20. The van der Waals surface area contributed by atoms with Gasteiger partial charge in [-0.05, 0) is 25.2 Å². The lowest BCUT2D eigenvalue weighted by atomic mass is 9.76. The van der Waals surface area contributed by atoms with Gasteiger partial charge in [-0.1, -0.05) is 26.7 Å². The van der Waals surface area contributed by atoms with Crippen LogP contribution in [0.25, 0.3) is 0 Å². The van der Waals surface area contributed by atoms with Crippen molar-refractivity contribution in [2.45, 2.75) is 57.9 Å². The second-order valence-electron chi connectivity index (χ2n) is 5.60. The highest BCUT2D eigenvalue weighted by molar-refractivity contribution is 5.77. The molecule has 1 aliphatic rings. The van der Waals surface area contributed by atoms with Crippen LogP contribution < -0.4 is 11.1 Å². The van der Waals surface area contributed by atoms with E-state index in [1.807, 2.05) is 0 Å². The Kier molecular flexibility index (Phi) is 6.65. The van der Waals surface area contributed by atoms with Crippen LogP contribution in [0.15, 0.2) is 0 Å². The first-order chi connectivity index (χ1) is 8.62. The van der Waals surface area contributed by atoms with Gasteiger partial charge in [-0.2, -0.15) is 0 Å². The summed E-state index contributed by atoms with van der Waals surface area (Å²) in [5.74, 6) is 0.726. The van der Waals surface area contributed by atoms with Crippen LogP contribution in [0.3, 0.4) is 0 Å². The van der Waals surface area contributed by atoms with E-state index in [4.69, 9.17) is 10.5 Å². The largest absolute Gasteiger partial charge is 0.381 e. The Hall–Kier alpha value is -0.610. The van der Waals surface area contributed by atoms with Crippen molar-refractivity contribution in [3.63, 3.8) is 0 Å². The predicted octanol–water partition coefficient (Wildman–Crippen LogP) is 1.83. The fourth-order valence-electron chi connectivity index (χ4n) is 2.78. The number of nitrogens with one attached hydrogen (secondary N) is 1. The molecule has 2 unspecified atom stereocenters. The number of ether oxygens (including phenoxy) is 1. The standard InChI is InChI=1S/C14H28N2O2/c1-3-8-18-9-6-13(17)16-14(11-15)7-4-5-12(2)10-14/h12H,3-11,15H2,1-2H3,(H,16,17). The summed E-state index contributed by atoms with van der Waals surface area (Å²) < 4.78 is 5.34. The van der Waals surface area contributed by atoms with E-state index in [0.29, 0.717) is 25.5 Å². The molecule has 4 heteroatoms. The maximum absolute atomic E-state index is 11.9. The fourth-order valence-corrected chi connectivity index (χ4v) is 2.78. The molecule has 4 nitrogen and oxygen atoms in total. The summed E-state index contributed by atoms with van der Waals surface area (Å²) in [5.41, 5.74) is 5.71. The number of carbonyl (C=O) groups is 1. The van der Waals surface area contributed by atoms with Gasteiger partial charge in [0.15, 0.2) is 0 Å². The van der Waals surface area contributed by atoms with Gasteiger partial charge in [0.25, 0.3) is 0 Å². The molecule has 1 amide bonds. The second kappa shape index (κ2) is 7.74. The van der Waals surface area contributed by atoms with Crippen LogP contribution in [0.5, 0.6) is 0 Å². The van der Waals surface area contributed by atoms with Gasteiger partial charge in [-0.3, -0.25) is 4.79 Å². The van der Waals surface area contributed by atoms with E-state index < -0.39 is 0 Å². The van der Waals surface area contributed by atoms with E-state index >= 15 is 0 Å². The molecule has 2 atom stereocenters. The number of rotatable bonds is 7. The zero-order valence-corrected chi connectivity index (χ0v) is 11.8. The van der Waals surface area contributed by atoms with E-state index in [0.717, 1.165) is 32.3 Å². The molecule has 1 aliphatic carbocycles. The lowest BCUT2D eigenvalue weighted by Gasteiger charge is -2.40. The van der Waals surface area contributed by atoms with Crippen molar-refractivity contribution < 1.29 is 9.53 Å². The van der Waals surface area contributed by atoms with Crippen LogP contribution in [0.2, 0.25) is 0 Å². The quantitative estimate of drug-likeness (QED) is 0.683. The molecule has 0 bridgehead atoms. The Labute approximate surface area is 111 Å². The fraction of sp³-hybridized carbons (Fsp3) is 0.929. The highest BCUT2D eigenvalue weighted by Gasteiger charge is 2.34. The van der Waals surface area contributed by atoms with Gasteiger partial charge in [0, 0.05) is 19.6 Å². The maximum atomic E-state index is 11.9. The molecule has 1 fully saturated rings. The maximum Gasteiger partial charge on any atom is 0.222 e. The lowest BCUT2D eigenvalue weighted by Crippen LogP contribution is -2.56. The lowest BCUT2D eigenvalue weighted by molar-refractivity contribution is -0.124. The topological polar surface area (TPSA) is 64.3 Å². The normalized spacial score (nSPS) is 28.1. The highest BCUT2D eigenvalue weighted by atomic mass is 16.5. The molecule has 1 rings (SSSR count). The molecular weight excluding hydrogens is 228 g/mol. The van der Waals surface area contributed by atoms with E-state index in [-0.39, 0.29) is 11.4 Å². The number of nitrogens with two attached hydrogens (primary N) is 1. The molecule has 0 spiro atoms. The minimum absolute atomic E-state index is 0.0747. The number of hydrogen-bond acceptors (Lipinski definition) is 3. The average molecular weight is 256 g/mol. The molecule has 0 aromatic carbocycles. The van der Waals surface area contributed by atoms with Crippen LogP contribution in [0.4, 0.5) is 0 Å². The van der Waals surface area contributed by atoms with Crippen molar-refractivity contribution in [2.75, 3.05) is 19.8 Å². The van der Waals surface area contributed by atoms with E-state index in [9.17, 15) is 4.79 Å². The van der Waals surface area contributed by atoms with Gasteiger partial charge < -0.3 is 15.8 Å². The summed E-state index contributed by atoms with van der Waals surface area (Å²) in [4.78, 5) is 11.9.